The van der Waals surface area contributed by atoms with Crippen LogP contribution in [0.3, 0.4) is 0 Å². The van der Waals surface area contributed by atoms with Gasteiger partial charge >= 0.3 is 5.97 Å². The molecule has 0 saturated heterocycles. The lowest BCUT2D eigenvalue weighted by Crippen LogP contribution is -2.31. The largest absolute Gasteiger partial charge is 0.481 e. The number of Topliss-reactive ketones (excluding diaryl/α,β-unsaturated/α-hetero) is 1. The zero-order chi connectivity index (χ0) is 15.9. The molecule has 2 N–H and O–H groups in total. The van der Waals surface area contributed by atoms with Gasteiger partial charge in [0, 0.05) is 24.9 Å². The molecule has 1 aromatic rings. The molecule has 21 heavy (non-hydrogen) atoms. The van der Waals surface area contributed by atoms with Gasteiger partial charge < -0.3 is 10.4 Å². The maximum Gasteiger partial charge on any atom is 0.305 e. The maximum atomic E-state index is 12.1. The number of hydrogen-bond donors (Lipinski definition) is 2. The molecule has 1 amide bonds. The van der Waals surface area contributed by atoms with Crippen molar-refractivity contribution in [2.75, 3.05) is 6.54 Å². The summed E-state index contributed by atoms with van der Waals surface area (Å²) in [5.74, 6) is -1.19. The van der Waals surface area contributed by atoms with Crippen molar-refractivity contribution in [1.29, 1.82) is 0 Å². The fourth-order valence-electron chi connectivity index (χ4n) is 2.03. The second-order valence-corrected chi connectivity index (χ2v) is 5.80. The summed E-state index contributed by atoms with van der Waals surface area (Å²) < 4.78 is 0. The van der Waals surface area contributed by atoms with E-state index < -0.39 is 11.4 Å². The molecule has 5 nitrogen and oxygen atoms in total. The topological polar surface area (TPSA) is 83.5 Å². The SMILES string of the molecule is CC(C)(CC(=O)NCCC(=O)O)CC(=O)c1ccccc1. The summed E-state index contributed by atoms with van der Waals surface area (Å²) in [6, 6.07) is 8.96. The average Bonchev–Trinajstić information content (AvgIpc) is 2.38. The van der Waals surface area contributed by atoms with Crippen molar-refractivity contribution < 1.29 is 19.5 Å². The number of hydrogen-bond acceptors (Lipinski definition) is 3. The minimum atomic E-state index is -0.950. The standard InChI is InChI=1S/C16H21NO4/c1-16(2,11-14(19)17-9-8-15(20)21)10-13(18)12-6-4-3-5-7-12/h3-7H,8-11H2,1-2H3,(H,17,19)(H,20,21). The Kier molecular flexibility index (Phi) is 6.09. The number of rotatable bonds is 8. The second-order valence-electron chi connectivity index (χ2n) is 5.80. The molecule has 0 fully saturated rings. The summed E-state index contributed by atoms with van der Waals surface area (Å²) in [5, 5.41) is 11.1. The van der Waals surface area contributed by atoms with Gasteiger partial charge in [-0.3, -0.25) is 14.4 Å². The fourth-order valence-corrected chi connectivity index (χ4v) is 2.03. The van der Waals surface area contributed by atoms with E-state index in [2.05, 4.69) is 5.32 Å². The lowest BCUT2D eigenvalue weighted by atomic mass is 9.82. The first-order chi connectivity index (χ1) is 9.80. The molecule has 0 saturated carbocycles. The number of carboxylic acids is 1. The van der Waals surface area contributed by atoms with Crippen LogP contribution in [0.25, 0.3) is 0 Å². The van der Waals surface area contributed by atoms with Crippen molar-refractivity contribution in [2.45, 2.75) is 33.1 Å². The number of carboxylic acid groups (broad SMARTS) is 1. The van der Waals surface area contributed by atoms with E-state index in [9.17, 15) is 14.4 Å². The highest BCUT2D eigenvalue weighted by Crippen LogP contribution is 2.27. The Morgan fingerprint density at radius 1 is 1.10 bits per heavy atom. The van der Waals surface area contributed by atoms with E-state index in [1.54, 1.807) is 24.3 Å². The van der Waals surface area contributed by atoms with Crippen LogP contribution in [0.1, 0.15) is 43.5 Å². The number of carbonyl (C=O) groups is 3. The van der Waals surface area contributed by atoms with E-state index in [4.69, 9.17) is 5.11 Å². The van der Waals surface area contributed by atoms with Crippen molar-refractivity contribution in [3.63, 3.8) is 0 Å². The molecule has 114 valence electrons. The van der Waals surface area contributed by atoms with Crippen molar-refractivity contribution >= 4 is 17.7 Å². The molecule has 0 aromatic heterocycles. The van der Waals surface area contributed by atoms with Crippen LogP contribution in [0.5, 0.6) is 0 Å². The number of ketones is 1. The second kappa shape index (κ2) is 7.57. The van der Waals surface area contributed by atoms with Gasteiger partial charge in [0.25, 0.3) is 0 Å². The molecule has 1 rings (SSSR count). The van der Waals surface area contributed by atoms with Gasteiger partial charge in [0.05, 0.1) is 6.42 Å². The van der Waals surface area contributed by atoms with Crippen LogP contribution >= 0.6 is 0 Å². The Morgan fingerprint density at radius 3 is 2.29 bits per heavy atom. The van der Waals surface area contributed by atoms with E-state index in [1.165, 1.54) is 0 Å². The first-order valence-corrected chi connectivity index (χ1v) is 6.87. The number of carbonyl (C=O) groups excluding carboxylic acids is 2. The minimum Gasteiger partial charge on any atom is -0.481 e. The van der Waals surface area contributed by atoms with Crippen LogP contribution in [0.15, 0.2) is 30.3 Å². The van der Waals surface area contributed by atoms with Gasteiger partial charge in [0.2, 0.25) is 5.91 Å². The third-order valence-electron chi connectivity index (χ3n) is 3.04. The van der Waals surface area contributed by atoms with Gasteiger partial charge in [-0.15, -0.1) is 0 Å². The van der Waals surface area contributed by atoms with Crippen LogP contribution in [0.4, 0.5) is 0 Å². The number of nitrogens with one attached hydrogen (secondary N) is 1. The zero-order valence-electron chi connectivity index (χ0n) is 12.4. The molecule has 1 aromatic carbocycles. The first-order valence-electron chi connectivity index (χ1n) is 6.87. The van der Waals surface area contributed by atoms with Crippen molar-refractivity contribution in [2.24, 2.45) is 5.41 Å². The quantitative estimate of drug-likeness (QED) is 0.720. The highest BCUT2D eigenvalue weighted by molar-refractivity contribution is 5.96. The predicted octanol–water partition coefficient (Wildman–Crippen LogP) is 2.27. The van der Waals surface area contributed by atoms with E-state index in [-0.39, 0.29) is 37.5 Å². The molecule has 0 radical (unpaired) electrons. The maximum absolute atomic E-state index is 12.1. The predicted molar refractivity (Wildman–Crippen MR) is 79.1 cm³/mol. The van der Waals surface area contributed by atoms with E-state index >= 15 is 0 Å². The first kappa shape index (κ1) is 16.9. The summed E-state index contributed by atoms with van der Waals surface area (Å²) in [6.45, 7) is 3.81. The summed E-state index contributed by atoms with van der Waals surface area (Å²) in [7, 11) is 0. The molecule has 0 aliphatic rings. The molecular formula is C16H21NO4. The highest BCUT2D eigenvalue weighted by Gasteiger charge is 2.25. The Balaban J connectivity index is 2.47. The van der Waals surface area contributed by atoms with E-state index in [1.807, 2.05) is 19.9 Å². The minimum absolute atomic E-state index is 0.000985. The van der Waals surface area contributed by atoms with Crippen LogP contribution in [-0.4, -0.2) is 29.3 Å². The molecule has 0 aliphatic carbocycles. The Hall–Kier alpha value is -2.17. The van der Waals surface area contributed by atoms with Crippen LogP contribution < -0.4 is 5.32 Å². The smallest absolute Gasteiger partial charge is 0.305 e. The summed E-state index contributed by atoms with van der Waals surface area (Å²) in [6.07, 6.45) is 0.351. The van der Waals surface area contributed by atoms with Crippen LogP contribution in [0, 0.1) is 5.41 Å². The third-order valence-corrected chi connectivity index (χ3v) is 3.04. The van der Waals surface area contributed by atoms with Gasteiger partial charge in [0.15, 0.2) is 5.78 Å². The lowest BCUT2D eigenvalue weighted by Gasteiger charge is -2.23. The van der Waals surface area contributed by atoms with E-state index in [0.717, 1.165) is 0 Å². The van der Waals surface area contributed by atoms with Crippen molar-refractivity contribution in [1.82, 2.24) is 5.32 Å². The average molecular weight is 291 g/mol. The molecule has 5 heteroatoms. The van der Waals surface area contributed by atoms with Gasteiger partial charge in [-0.2, -0.15) is 0 Å². The molecule has 0 spiro atoms. The van der Waals surface area contributed by atoms with Crippen molar-refractivity contribution in [3.8, 4) is 0 Å². The Morgan fingerprint density at radius 2 is 1.71 bits per heavy atom. The normalized spacial score (nSPS) is 11.0. The molecule has 0 unspecified atom stereocenters. The monoisotopic (exact) mass is 291 g/mol. The summed E-state index contributed by atoms with van der Waals surface area (Å²) in [5.41, 5.74) is 0.164. The molecule has 0 bridgehead atoms. The van der Waals surface area contributed by atoms with Crippen LogP contribution in [-0.2, 0) is 9.59 Å². The summed E-state index contributed by atoms with van der Waals surface area (Å²) >= 11 is 0. The molecule has 0 atom stereocenters. The number of aliphatic carboxylic acids is 1. The Bertz CT molecular complexity index is 508. The van der Waals surface area contributed by atoms with Gasteiger partial charge in [-0.1, -0.05) is 44.2 Å². The highest BCUT2D eigenvalue weighted by atomic mass is 16.4. The lowest BCUT2D eigenvalue weighted by molar-refractivity contribution is -0.136. The zero-order valence-corrected chi connectivity index (χ0v) is 12.4. The van der Waals surface area contributed by atoms with Gasteiger partial charge in [0.1, 0.15) is 0 Å². The molecular weight excluding hydrogens is 270 g/mol. The van der Waals surface area contributed by atoms with Crippen molar-refractivity contribution in [3.05, 3.63) is 35.9 Å². The summed E-state index contributed by atoms with van der Waals surface area (Å²) in [4.78, 5) is 34.3. The Labute approximate surface area is 124 Å². The molecule has 0 heterocycles. The van der Waals surface area contributed by atoms with E-state index in [0.29, 0.717) is 5.56 Å². The van der Waals surface area contributed by atoms with Crippen LogP contribution in [0.2, 0.25) is 0 Å². The third kappa shape index (κ3) is 6.70. The van der Waals surface area contributed by atoms with Gasteiger partial charge in [-0.25, -0.2) is 0 Å². The fraction of sp³-hybridized carbons (Fsp3) is 0.438. The molecule has 0 aliphatic heterocycles. The van der Waals surface area contributed by atoms with Gasteiger partial charge in [-0.05, 0) is 5.41 Å². The number of benzene rings is 1. The number of amides is 1.